The molecule has 8 aliphatic carbocycles. The highest BCUT2D eigenvalue weighted by Crippen LogP contribution is 2.68. The molecule has 278 valence electrons. The molecule has 3 aromatic carbocycles. The summed E-state index contributed by atoms with van der Waals surface area (Å²) in [6.07, 6.45) is 23.0. The molecule has 0 heterocycles. The zero-order chi connectivity index (χ0) is 35.2. The molecule has 4 N–H and O–H groups in total. The summed E-state index contributed by atoms with van der Waals surface area (Å²) in [6, 6.07) is 26.5. The molecule has 0 radical (unpaired) electrons. The van der Waals surface area contributed by atoms with Gasteiger partial charge in [-0.1, -0.05) is 50.1 Å². The van der Waals surface area contributed by atoms with Crippen LogP contribution >= 0.6 is 31.9 Å². The van der Waals surface area contributed by atoms with Crippen LogP contribution in [0.25, 0.3) is 0 Å². The van der Waals surface area contributed by atoms with E-state index in [0.29, 0.717) is 21.7 Å². The fraction of sp³-hybridized carbons (Fsp3) is 0.609. The first-order chi connectivity index (χ1) is 25.2. The molecule has 4 atom stereocenters. The van der Waals surface area contributed by atoms with Gasteiger partial charge in [0.25, 0.3) is 0 Å². The van der Waals surface area contributed by atoms with E-state index in [9.17, 15) is 0 Å². The molecule has 8 fully saturated rings. The van der Waals surface area contributed by atoms with E-state index in [1.54, 1.807) is 0 Å². The minimum Gasteiger partial charge on any atom is -0.385 e. The summed E-state index contributed by atoms with van der Waals surface area (Å²) in [5.74, 6) is 3.82. The van der Waals surface area contributed by atoms with E-state index in [4.69, 9.17) is 0 Å². The molecule has 3 aromatic rings. The van der Waals surface area contributed by atoms with Crippen LogP contribution in [0.5, 0.6) is 0 Å². The number of nitrogens with one attached hydrogen (secondary N) is 4. The van der Waals surface area contributed by atoms with Gasteiger partial charge < -0.3 is 21.3 Å². The van der Waals surface area contributed by atoms with Crippen LogP contribution in [0.15, 0.2) is 81.7 Å². The van der Waals surface area contributed by atoms with Gasteiger partial charge in [-0.25, -0.2) is 0 Å². The van der Waals surface area contributed by atoms with Crippen molar-refractivity contribution >= 4 is 54.6 Å². The average Bonchev–Trinajstić information content (AvgIpc) is 3.07. The maximum absolute atomic E-state index is 3.90. The standard InChI is InChI=1S/C46H60Br2N4/c47-37-4-1-6-39(20-37)49-14-10-43-23-33-18-34(24-43)28-45(27-33,31-43)12-16-51-41-8-3-9-42(22-41)52-17-13-46-29-35-19-36(30-46)26-44(25-35,32-46)11-15-50-40-7-2-5-38(48)21-40/h1-9,20-22,33-36,49-52H,10-19,23-32H2. The highest BCUT2D eigenvalue weighted by atomic mass is 79.9. The van der Waals surface area contributed by atoms with E-state index in [2.05, 4.69) is 126 Å². The molecule has 8 saturated carbocycles. The number of halogens is 2. The third-order valence-corrected chi connectivity index (χ3v) is 16.0. The summed E-state index contributed by atoms with van der Waals surface area (Å²) in [5.41, 5.74) is 7.27. The first kappa shape index (κ1) is 35.5. The summed E-state index contributed by atoms with van der Waals surface area (Å²) in [4.78, 5) is 0. The van der Waals surface area contributed by atoms with Crippen molar-refractivity contribution in [2.24, 2.45) is 45.3 Å². The van der Waals surface area contributed by atoms with Crippen LogP contribution in [-0.4, -0.2) is 26.2 Å². The quantitative estimate of drug-likeness (QED) is 0.116. The van der Waals surface area contributed by atoms with Crippen LogP contribution in [0.4, 0.5) is 22.7 Å². The molecule has 0 aliphatic heterocycles. The van der Waals surface area contributed by atoms with E-state index < -0.39 is 0 Å². The highest BCUT2D eigenvalue weighted by Gasteiger charge is 2.58. The monoisotopic (exact) mass is 826 g/mol. The van der Waals surface area contributed by atoms with Crippen LogP contribution in [0.1, 0.15) is 103 Å². The van der Waals surface area contributed by atoms with E-state index >= 15 is 0 Å². The van der Waals surface area contributed by atoms with Crippen LogP contribution in [0, 0.1) is 45.3 Å². The second-order valence-electron chi connectivity index (χ2n) is 19.2. The Morgan fingerprint density at radius 3 is 1.02 bits per heavy atom. The van der Waals surface area contributed by atoms with E-state index in [1.807, 2.05) is 0 Å². The van der Waals surface area contributed by atoms with Crippen molar-refractivity contribution in [1.29, 1.82) is 0 Å². The summed E-state index contributed by atoms with van der Waals surface area (Å²) < 4.78 is 2.31. The van der Waals surface area contributed by atoms with Crippen molar-refractivity contribution in [2.75, 3.05) is 47.4 Å². The molecule has 8 aliphatic rings. The summed E-state index contributed by atoms with van der Waals surface area (Å²) in [7, 11) is 0. The third kappa shape index (κ3) is 7.81. The molecule has 0 saturated heterocycles. The van der Waals surface area contributed by atoms with Gasteiger partial charge in [0, 0.05) is 57.9 Å². The second kappa shape index (κ2) is 14.5. The van der Waals surface area contributed by atoms with Crippen molar-refractivity contribution in [3.63, 3.8) is 0 Å². The molecule has 0 amide bonds. The molecule has 4 nitrogen and oxygen atoms in total. The molecule has 0 spiro atoms. The lowest BCUT2D eigenvalue weighted by atomic mass is 9.43. The topological polar surface area (TPSA) is 48.1 Å². The second-order valence-corrected chi connectivity index (χ2v) is 21.1. The van der Waals surface area contributed by atoms with Gasteiger partial charge in [0.05, 0.1) is 0 Å². The van der Waals surface area contributed by atoms with Crippen LogP contribution in [0.2, 0.25) is 0 Å². The minimum atomic E-state index is 0.548. The molecule has 0 aromatic heterocycles. The van der Waals surface area contributed by atoms with Crippen LogP contribution in [-0.2, 0) is 0 Å². The van der Waals surface area contributed by atoms with Crippen LogP contribution < -0.4 is 21.3 Å². The van der Waals surface area contributed by atoms with Gasteiger partial charge in [0.2, 0.25) is 0 Å². The van der Waals surface area contributed by atoms with Crippen molar-refractivity contribution in [3.05, 3.63) is 81.7 Å². The predicted octanol–water partition coefficient (Wildman–Crippen LogP) is 13.0. The molecule has 52 heavy (non-hydrogen) atoms. The number of rotatable bonds is 16. The van der Waals surface area contributed by atoms with Gasteiger partial charge in [-0.05, 0) is 203 Å². The van der Waals surface area contributed by atoms with Gasteiger partial charge in [-0.15, -0.1) is 0 Å². The van der Waals surface area contributed by atoms with Crippen molar-refractivity contribution < 1.29 is 0 Å². The van der Waals surface area contributed by atoms with Crippen molar-refractivity contribution in [2.45, 2.75) is 103 Å². The lowest BCUT2D eigenvalue weighted by Gasteiger charge is -2.63. The highest BCUT2D eigenvalue weighted by molar-refractivity contribution is 9.10. The molecule has 8 bridgehead atoms. The first-order valence-corrected chi connectivity index (χ1v) is 22.4. The number of hydrogen-bond donors (Lipinski definition) is 4. The zero-order valence-electron chi connectivity index (χ0n) is 31.1. The smallest absolute Gasteiger partial charge is 0.0360 e. The van der Waals surface area contributed by atoms with Gasteiger partial charge >= 0.3 is 0 Å². The van der Waals surface area contributed by atoms with Gasteiger partial charge in [0.15, 0.2) is 0 Å². The fourth-order valence-corrected chi connectivity index (χ4v) is 15.1. The van der Waals surface area contributed by atoms with E-state index in [1.165, 1.54) is 125 Å². The summed E-state index contributed by atoms with van der Waals surface area (Å²) in [5, 5.41) is 15.3. The lowest BCUT2D eigenvalue weighted by Crippen LogP contribution is -2.52. The maximum Gasteiger partial charge on any atom is 0.0360 e. The lowest BCUT2D eigenvalue weighted by molar-refractivity contribution is -0.114. The number of anilines is 4. The first-order valence-electron chi connectivity index (χ1n) is 20.8. The van der Waals surface area contributed by atoms with E-state index in [0.717, 1.165) is 58.8 Å². The molecular formula is C46H60Br2N4. The number of benzene rings is 3. The van der Waals surface area contributed by atoms with Crippen molar-refractivity contribution in [3.8, 4) is 0 Å². The normalized spacial score (nSPS) is 35.1. The van der Waals surface area contributed by atoms with Gasteiger partial charge in [0.1, 0.15) is 0 Å². The fourth-order valence-electron chi connectivity index (χ4n) is 14.3. The van der Waals surface area contributed by atoms with Crippen molar-refractivity contribution in [1.82, 2.24) is 0 Å². The predicted molar refractivity (Wildman–Crippen MR) is 226 cm³/mol. The Morgan fingerprint density at radius 2 is 0.712 bits per heavy atom. The maximum atomic E-state index is 3.90. The number of hydrogen-bond acceptors (Lipinski definition) is 4. The molecular weight excluding hydrogens is 768 g/mol. The summed E-state index contributed by atoms with van der Waals surface area (Å²) >= 11 is 7.27. The molecule has 6 heteroatoms. The molecule has 11 rings (SSSR count). The Balaban J connectivity index is 0.758. The van der Waals surface area contributed by atoms with Gasteiger partial charge in [-0.2, -0.15) is 0 Å². The van der Waals surface area contributed by atoms with E-state index in [-0.39, 0.29) is 0 Å². The Bertz CT molecular complexity index is 1570. The Hall–Kier alpha value is -2.18. The average molecular weight is 829 g/mol. The molecule has 4 unspecified atom stereocenters. The largest absolute Gasteiger partial charge is 0.385 e. The third-order valence-electron chi connectivity index (χ3n) is 15.1. The summed E-state index contributed by atoms with van der Waals surface area (Å²) in [6.45, 7) is 4.38. The van der Waals surface area contributed by atoms with Crippen LogP contribution in [0.3, 0.4) is 0 Å². The van der Waals surface area contributed by atoms with Gasteiger partial charge in [-0.3, -0.25) is 0 Å². The minimum absolute atomic E-state index is 0.548. The zero-order valence-corrected chi connectivity index (χ0v) is 34.3. The SMILES string of the molecule is Brc1cccc(NCCC23CC4CC(C2)CC(CCNc2cccc(NCCC56CC7CC(CC(CCNc8cccc(Br)c8)(C7)C5)C6)c2)(C4)C3)c1. The Kier molecular flexibility index (Phi) is 9.89. The Labute approximate surface area is 330 Å². The Morgan fingerprint density at radius 1 is 0.423 bits per heavy atom.